The number of hydrogen-bond donors (Lipinski definition) is 0. The predicted molar refractivity (Wildman–Crippen MR) is 63.7 cm³/mol. The van der Waals surface area contributed by atoms with Gasteiger partial charge in [0.25, 0.3) is 5.89 Å². The molecule has 18 heavy (non-hydrogen) atoms. The first-order chi connectivity index (χ1) is 8.72. The highest BCUT2D eigenvalue weighted by Crippen LogP contribution is 2.19. The highest BCUT2D eigenvalue weighted by Gasteiger charge is 2.06. The van der Waals surface area contributed by atoms with Crippen molar-refractivity contribution in [2.45, 2.75) is 6.92 Å². The van der Waals surface area contributed by atoms with Gasteiger partial charge < -0.3 is 4.52 Å². The van der Waals surface area contributed by atoms with Gasteiger partial charge in [-0.3, -0.25) is 0 Å². The highest BCUT2D eigenvalue weighted by atomic mass is 16.5. The van der Waals surface area contributed by atoms with Crippen LogP contribution in [0, 0.1) is 29.6 Å². The lowest BCUT2D eigenvalue weighted by Gasteiger charge is -1.96. The van der Waals surface area contributed by atoms with E-state index in [1.807, 2.05) is 18.2 Å². The Morgan fingerprint density at radius 3 is 2.72 bits per heavy atom. The van der Waals surface area contributed by atoms with Crippen LogP contribution in [0.5, 0.6) is 0 Å². The summed E-state index contributed by atoms with van der Waals surface area (Å²) in [5.41, 5.74) is 1.54. The predicted octanol–water partition coefficient (Wildman–Crippen LogP) is 2.48. The highest BCUT2D eigenvalue weighted by molar-refractivity contribution is 5.66. The molecule has 5 nitrogen and oxygen atoms in total. The second-order valence-electron chi connectivity index (χ2n) is 3.55. The van der Waals surface area contributed by atoms with Crippen molar-refractivity contribution in [3.63, 3.8) is 0 Å². The topological polar surface area (TPSA) is 86.5 Å². The molecule has 0 fully saturated rings. The quantitative estimate of drug-likeness (QED) is 0.747. The minimum atomic E-state index is 0.0499. The molecule has 2 aromatic rings. The Hall–Kier alpha value is -2.92. The van der Waals surface area contributed by atoms with E-state index in [4.69, 9.17) is 15.0 Å². The molecule has 5 heteroatoms. The fraction of sp³-hybridized carbons (Fsp3) is 0.0769. The summed E-state index contributed by atoms with van der Waals surface area (Å²) in [5.74, 6) is 0.971. The summed E-state index contributed by atoms with van der Waals surface area (Å²) in [7, 11) is 0. The van der Waals surface area contributed by atoms with Gasteiger partial charge in [-0.05, 0) is 30.7 Å². The first-order valence-corrected chi connectivity index (χ1v) is 5.15. The van der Waals surface area contributed by atoms with Gasteiger partial charge in [0.05, 0.1) is 0 Å². The van der Waals surface area contributed by atoms with Gasteiger partial charge in [0.2, 0.25) is 0 Å². The number of hydrogen-bond acceptors (Lipinski definition) is 5. The molecule has 0 atom stereocenters. The summed E-state index contributed by atoms with van der Waals surface area (Å²) in [4.78, 5) is 4.11. The molecule has 0 saturated heterocycles. The third kappa shape index (κ3) is 2.42. The van der Waals surface area contributed by atoms with E-state index in [1.54, 1.807) is 25.1 Å². The molecule has 0 aliphatic rings. The van der Waals surface area contributed by atoms with Gasteiger partial charge in [0, 0.05) is 5.56 Å². The van der Waals surface area contributed by atoms with Crippen LogP contribution in [0.1, 0.15) is 11.4 Å². The second kappa shape index (κ2) is 4.94. The van der Waals surface area contributed by atoms with Crippen LogP contribution >= 0.6 is 0 Å². The summed E-state index contributed by atoms with van der Waals surface area (Å²) < 4.78 is 5.05. The van der Waals surface area contributed by atoms with Crippen LogP contribution in [0.15, 0.2) is 34.4 Å². The van der Waals surface area contributed by atoms with E-state index < -0.39 is 0 Å². The van der Waals surface area contributed by atoms with Gasteiger partial charge in [-0.1, -0.05) is 17.3 Å². The zero-order chi connectivity index (χ0) is 13.0. The maximum atomic E-state index is 8.70. The Morgan fingerprint density at radius 1 is 1.33 bits per heavy atom. The Bertz CT molecular complexity index is 670. The number of allylic oxidation sites excluding steroid dienone is 1. The molecule has 0 aliphatic carbocycles. The summed E-state index contributed by atoms with van der Waals surface area (Å²) in [6.45, 7) is 1.74. The molecule has 0 radical (unpaired) electrons. The molecule has 0 unspecified atom stereocenters. The summed E-state index contributed by atoms with van der Waals surface area (Å²) >= 11 is 0. The molecule has 0 N–H and O–H groups in total. The van der Waals surface area contributed by atoms with Crippen LogP contribution in [0.4, 0.5) is 0 Å². The van der Waals surface area contributed by atoms with Gasteiger partial charge >= 0.3 is 0 Å². The molecule has 0 spiro atoms. The van der Waals surface area contributed by atoms with E-state index in [0.717, 1.165) is 11.1 Å². The summed E-state index contributed by atoms with van der Waals surface area (Å²) in [6, 6.07) is 10.8. The maximum Gasteiger partial charge on any atom is 0.257 e. The zero-order valence-corrected chi connectivity index (χ0v) is 9.58. The number of aryl methyl sites for hydroxylation is 1. The number of nitriles is 2. The molecule has 1 heterocycles. The van der Waals surface area contributed by atoms with Crippen molar-refractivity contribution in [1.29, 1.82) is 10.5 Å². The third-order valence-electron chi connectivity index (χ3n) is 2.21. The first-order valence-electron chi connectivity index (χ1n) is 5.15. The first kappa shape index (κ1) is 11.6. The summed E-state index contributed by atoms with van der Waals surface area (Å²) in [5, 5.41) is 21.1. The molecule has 0 saturated carbocycles. The van der Waals surface area contributed by atoms with E-state index in [-0.39, 0.29) is 5.57 Å². The van der Waals surface area contributed by atoms with E-state index in [2.05, 4.69) is 10.1 Å². The number of benzene rings is 1. The standard InChI is InChI=1S/C13H8N4O/c1-9-16-13(18-17-9)12-4-2-3-10(6-12)5-11(7-14)8-15/h2-6H,1H3. The molecular formula is C13H8N4O. The second-order valence-corrected chi connectivity index (χ2v) is 3.55. The van der Waals surface area contributed by atoms with Crippen LogP contribution in [0.2, 0.25) is 0 Å². The van der Waals surface area contributed by atoms with E-state index >= 15 is 0 Å². The molecule has 86 valence electrons. The van der Waals surface area contributed by atoms with Crippen LogP contribution in [0.25, 0.3) is 17.5 Å². The van der Waals surface area contributed by atoms with Gasteiger partial charge in [-0.25, -0.2) is 0 Å². The monoisotopic (exact) mass is 236 g/mol. The lowest BCUT2D eigenvalue weighted by atomic mass is 10.1. The number of nitrogens with zero attached hydrogens (tertiary/aromatic N) is 4. The number of aromatic nitrogens is 2. The van der Waals surface area contributed by atoms with Crippen molar-refractivity contribution in [2.75, 3.05) is 0 Å². The SMILES string of the molecule is Cc1noc(-c2cccc(C=C(C#N)C#N)c2)n1. The summed E-state index contributed by atoms with van der Waals surface area (Å²) in [6.07, 6.45) is 1.51. The van der Waals surface area contributed by atoms with Crippen LogP contribution in [-0.4, -0.2) is 10.1 Å². The third-order valence-corrected chi connectivity index (χ3v) is 2.21. The van der Waals surface area contributed by atoms with Gasteiger partial charge in [-0.2, -0.15) is 15.5 Å². The Labute approximate surface area is 104 Å². The molecule has 2 rings (SSSR count). The van der Waals surface area contributed by atoms with Crippen LogP contribution in [-0.2, 0) is 0 Å². The molecule has 0 aliphatic heterocycles. The van der Waals surface area contributed by atoms with Crippen molar-refractivity contribution in [3.05, 3.63) is 41.2 Å². The molecule has 1 aromatic carbocycles. The fourth-order valence-corrected chi connectivity index (χ4v) is 1.43. The number of rotatable bonds is 2. The average molecular weight is 236 g/mol. The van der Waals surface area contributed by atoms with E-state index in [0.29, 0.717) is 11.7 Å². The smallest absolute Gasteiger partial charge is 0.257 e. The average Bonchev–Trinajstić information content (AvgIpc) is 2.83. The van der Waals surface area contributed by atoms with Gasteiger partial charge in [-0.15, -0.1) is 0 Å². The lowest BCUT2D eigenvalue weighted by molar-refractivity contribution is 0.425. The minimum Gasteiger partial charge on any atom is -0.334 e. The van der Waals surface area contributed by atoms with Crippen molar-refractivity contribution in [1.82, 2.24) is 10.1 Å². The molecule has 1 aromatic heterocycles. The Morgan fingerprint density at radius 2 is 2.11 bits per heavy atom. The van der Waals surface area contributed by atoms with Crippen molar-refractivity contribution < 1.29 is 4.52 Å². The normalized spacial score (nSPS) is 9.28. The molecule has 0 bridgehead atoms. The van der Waals surface area contributed by atoms with E-state index in [1.165, 1.54) is 6.08 Å². The maximum absolute atomic E-state index is 8.70. The molecular weight excluding hydrogens is 228 g/mol. The minimum absolute atomic E-state index is 0.0499. The Balaban J connectivity index is 2.41. The Kier molecular flexibility index (Phi) is 3.17. The van der Waals surface area contributed by atoms with Crippen LogP contribution < -0.4 is 0 Å². The van der Waals surface area contributed by atoms with Crippen LogP contribution in [0.3, 0.4) is 0 Å². The molecule has 0 amide bonds. The largest absolute Gasteiger partial charge is 0.334 e. The van der Waals surface area contributed by atoms with E-state index in [9.17, 15) is 0 Å². The zero-order valence-electron chi connectivity index (χ0n) is 9.58. The van der Waals surface area contributed by atoms with Gasteiger partial charge in [0.1, 0.15) is 17.7 Å². The lowest BCUT2D eigenvalue weighted by Crippen LogP contribution is -1.81. The van der Waals surface area contributed by atoms with Crippen molar-refractivity contribution >= 4 is 6.08 Å². The van der Waals surface area contributed by atoms with Gasteiger partial charge in [0.15, 0.2) is 5.82 Å². The van der Waals surface area contributed by atoms with Crippen molar-refractivity contribution in [2.24, 2.45) is 0 Å². The van der Waals surface area contributed by atoms with Crippen molar-refractivity contribution in [3.8, 4) is 23.6 Å². The fourth-order valence-electron chi connectivity index (χ4n) is 1.43.